The van der Waals surface area contributed by atoms with E-state index in [9.17, 15) is 9.59 Å². The number of hydrogen-bond donors (Lipinski definition) is 0. The Kier molecular flexibility index (Phi) is 8.26. The van der Waals surface area contributed by atoms with Crippen molar-refractivity contribution in [2.24, 2.45) is 5.92 Å². The number of nitrogens with zero attached hydrogens (tertiary/aromatic N) is 4. The van der Waals surface area contributed by atoms with Gasteiger partial charge in [0, 0.05) is 36.6 Å². The van der Waals surface area contributed by atoms with Gasteiger partial charge in [0.05, 0.1) is 19.6 Å². The average Bonchev–Trinajstić information content (AvgIpc) is 3.11. The first-order chi connectivity index (χ1) is 14.9. The van der Waals surface area contributed by atoms with E-state index in [-0.39, 0.29) is 17.8 Å². The Balaban J connectivity index is 1.69. The fraction of sp³-hybridized carbons (Fsp3) is 0.545. The topological polar surface area (TPSA) is 69.4 Å². The van der Waals surface area contributed by atoms with Gasteiger partial charge in [-0.05, 0) is 55.7 Å². The zero-order valence-electron chi connectivity index (χ0n) is 18.1. The number of ether oxygens (including phenoxy) is 1. The quantitative estimate of drug-likeness (QED) is 0.429. The number of aromatic nitrogens is 3. The number of unbranched alkanes of at least 4 members (excludes halogenated alkanes) is 1. The van der Waals surface area contributed by atoms with Crippen LogP contribution in [-0.4, -0.2) is 51.3 Å². The van der Waals surface area contributed by atoms with E-state index in [4.69, 9.17) is 33.7 Å². The van der Waals surface area contributed by atoms with Gasteiger partial charge >= 0.3 is 5.97 Å². The van der Waals surface area contributed by atoms with Crippen molar-refractivity contribution >= 4 is 35.7 Å². The summed E-state index contributed by atoms with van der Waals surface area (Å²) in [5.41, 5.74) is 0.946. The molecular weight excluding hydrogens is 436 g/mol. The van der Waals surface area contributed by atoms with Crippen molar-refractivity contribution in [1.29, 1.82) is 0 Å². The summed E-state index contributed by atoms with van der Waals surface area (Å²) in [7, 11) is 1.40. The Bertz CT molecular complexity index is 962. The van der Waals surface area contributed by atoms with Crippen LogP contribution >= 0.6 is 23.8 Å². The Morgan fingerprint density at radius 3 is 2.48 bits per heavy atom. The van der Waals surface area contributed by atoms with E-state index in [1.54, 1.807) is 4.68 Å². The van der Waals surface area contributed by atoms with Crippen molar-refractivity contribution < 1.29 is 14.3 Å². The van der Waals surface area contributed by atoms with Crippen molar-refractivity contribution in [2.45, 2.75) is 52.1 Å². The highest BCUT2D eigenvalue weighted by Crippen LogP contribution is 2.22. The monoisotopic (exact) mass is 464 g/mol. The highest BCUT2D eigenvalue weighted by Gasteiger charge is 2.27. The predicted octanol–water partition coefficient (Wildman–Crippen LogP) is 4.34. The fourth-order valence-corrected chi connectivity index (χ4v) is 4.24. The molecule has 1 aromatic heterocycles. The molecule has 0 saturated carbocycles. The number of likely N-dealkylation sites (tertiary alicyclic amines) is 1. The van der Waals surface area contributed by atoms with Gasteiger partial charge in [-0.1, -0.05) is 24.9 Å². The number of methoxy groups -OCH3 is 1. The number of rotatable bonds is 8. The third-order valence-electron chi connectivity index (χ3n) is 5.68. The second kappa shape index (κ2) is 10.9. The minimum atomic E-state index is -0.189. The van der Waals surface area contributed by atoms with Gasteiger partial charge in [-0.2, -0.15) is 5.10 Å². The van der Waals surface area contributed by atoms with E-state index < -0.39 is 0 Å². The number of benzene rings is 1. The maximum Gasteiger partial charge on any atom is 0.308 e. The molecule has 1 fully saturated rings. The van der Waals surface area contributed by atoms with Crippen LogP contribution in [0, 0.1) is 10.7 Å². The van der Waals surface area contributed by atoms with Gasteiger partial charge in [-0.25, -0.2) is 4.68 Å². The number of halogens is 1. The second-order valence-corrected chi connectivity index (χ2v) is 8.57. The Morgan fingerprint density at radius 1 is 1.19 bits per heavy atom. The molecule has 1 aliphatic heterocycles. The number of carbonyl (C=O) groups is 2. The first-order valence-corrected chi connectivity index (χ1v) is 11.5. The Labute approximate surface area is 192 Å². The molecular formula is C22H29ClN4O3S. The van der Waals surface area contributed by atoms with Gasteiger partial charge in [0.15, 0.2) is 10.6 Å². The first-order valence-electron chi connectivity index (χ1n) is 10.7. The molecule has 0 aliphatic carbocycles. The molecule has 1 aliphatic rings. The molecule has 7 nitrogen and oxygen atoms in total. The molecule has 31 heavy (non-hydrogen) atoms. The van der Waals surface area contributed by atoms with Crippen LogP contribution < -0.4 is 0 Å². The summed E-state index contributed by atoms with van der Waals surface area (Å²) in [5.74, 6) is 0.549. The van der Waals surface area contributed by atoms with Gasteiger partial charge in [-0.15, -0.1) is 0 Å². The van der Waals surface area contributed by atoms with Crippen LogP contribution in [0.2, 0.25) is 5.02 Å². The van der Waals surface area contributed by atoms with Crippen molar-refractivity contribution in [3.63, 3.8) is 0 Å². The molecule has 2 aromatic rings. The first kappa shape index (κ1) is 23.5. The lowest BCUT2D eigenvalue weighted by Gasteiger charge is -2.30. The molecule has 0 spiro atoms. The number of hydrogen-bond acceptors (Lipinski definition) is 5. The van der Waals surface area contributed by atoms with E-state index in [2.05, 4.69) is 6.92 Å². The van der Waals surface area contributed by atoms with Gasteiger partial charge < -0.3 is 9.64 Å². The highest BCUT2D eigenvalue weighted by atomic mass is 35.5. The average molecular weight is 465 g/mol. The molecule has 1 amide bonds. The molecule has 0 N–H and O–H groups in total. The van der Waals surface area contributed by atoms with Gasteiger partial charge in [0.2, 0.25) is 5.91 Å². The summed E-state index contributed by atoms with van der Waals surface area (Å²) in [6, 6.07) is 7.54. The minimum Gasteiger partial charge on any atom is -0.469 e. The van der Waals surface area contributed by atoms with Gasteiger partial charge in [0.1, 0.15) is 0 Å². The summed E-state index contributed by atoms with van der Waals surface area (Å²) in [5, 5.41) is 5.40. The van der Waals surface area contributed by atoms with Crippen LogP contribution in [0.5, 0.6) is 0 Å². The smallest absolute Gasteiger partial charge is 0.308 e. The van der Waals surface area contributed by atoms with Crippen molar-refractivity contribution in [3.05, 3.63) is 34.1 Å². The lowest BCUT2D eigenvalue weighted by atomic mass is 9.97. The maximum atomic E-state index is 12.7. The normalized spacial score (nSPS) is 14.6. The molecule has 2 heterocycles. The van der Waals surface area contributed by atoms with Crippen molar-refractivity contribution in [3.8, 4) is 11.4 Å². The van der Waals surface area contributed by atoms with Crippen LogP contribution in [0.1, 0.15) is 39.0 Å². The summed E-state index contributed by atoms with van der Waals surface area (Å²) in [4.78, 5) is 26.2. The number of esters is 1. The zero-order valence-corrected chi connectivity index (χ0v) is 19.6. The maximum absolute atomic E-state index is 12.7. The summed E-state index contributed by atoms with van der Waals surface area (Å²) in [6.07, 6.45) is 3.65. The number of piperidine rings is 1. The third-order valence-corrected chi connectivity index (χ3v) is 6.36. The van der Waals surface area contributed by atoms with Crippen molar-refractivity contribution in [1.82, 2.24) is 19.2 Å². The predicted molar refractivity (Wildman–Crippen MR) is 122 cm³/mol. The molecule has 0 bridgehead atoms. The Hall–Kier alpha value is -2.19. The fourth-order valence-electron chi connectivity index (χ4n) is 3.81. The molecule has 1 aromatic carbocycles. The van der Waals surface area contributed by atoms with Crippen LogP contribution in [-0.2, 0) is 27.4 Å². The van der Waals surface area contributed by atoms with Gasteiger partial charge in [-0.3, -0.25) is 14.2 Å². The van der Waals surface area contributed by atoms with Gasteiger partial charge in [0.25, 0.3) is 0 Å². The standard InChI is InChI=1S/C22H29ClN4O3S/c1-3-4-12-26-20(16-5-7-18(23)8-6-16)24-27(22(26)31)15-11-19(28)25-13-9-17(10-14-25)21(29)30-2/h5-8,17H,3-4,9-15H2,1-2H3. The largest absolute Gasteiger partial charge is 0.469 e. The summed E-state index contributed by atoms with van der Waals surface area (Å²) in [6.45, 7) is 4.49. The van der Waals surface area contributed by atoms with E-state index >= 15 is 0 Å². The highest BCUT2D eigenvalue weighted by molar-refractivity contribution is 7.71. The molecule has 1 saturated heterocycles. The summed E-state index contributed by atoms with van der Waals surface area (Å²) >= 11 is 11.7. The van der Waals surface area contributed by atoms with E-state index in [0.29, 0.717) is 48.7 Å². The Morgan fingerprint density at radius 2 is 1.87 bits per heavy atom. The van der Waals surface area contributed by atoms with E-state index in [1.165, 1.54) is 7.11 Å². The van der Waals surface area contributed by atoms with E-state index in [1.807, 2.05) is 33.7 Å². The molecule has 0 radical (unpaired) electrons. The molecule has 9 heteroatoms. The zero-order chi connectivity index (χ0) is 22.4. The molecule has 0 atom stereocenters. The van der Waals surface area contributed by atoms with Crippen LogP contribution in [0.25, 0.3) is 11.4 Å². The molecule has 0 unspecified atom stereocenters. The lowest BCUT2D eigenvalue weighted by Crippen LogP contribution is -2.40. The molecule has 3 rings (SSSR count). The minimum absolute atomic E-state index is 0.0568. The lowest BCUT2D eigenvalue weighted by molar-refractivity contribution is -0.148. The number of amides is 1. The summed E-state index contributed by atoms with van der Waals surface area (Å²) < 4.78 is 9.21. The third kappa shape index (κ3) is 5.74. The van der Waals surface area contributed by atoms with Crippen LogP contribution in [0.15, 0.2) is 24.3 Å². The van der Waals surface area contributed by atoms with E-state index in [0.717, 1.165) is 30.8 Å². The SMILES string of the molecule is CCCCn1c(-c2ccc(Cl)cc2)nn(CCC(=O)N2CCC(C(=O)OC)CC2)c1=S. The van der Waals surface area contributed by atoms with Crippen molar-refractivity contribution in [2.75, 3.05) is 20.2 Å². The number of aryl methyl sites for hydroxylation is 1. The van der Waals surface area contributed by atoms with Crippen LogP contribution in [0.3, 0.4) is 0 Å². The second-order valence-electron chi connectivity index (χ2n) is 7.77. The molecule has 168 valence electrons. The number of carbonyl (C=O) groups excluding carboxylic acids is 2. The van der Waals surface area contributed by atoms with Crippen LogP contribution in [0.4, 0.5) is 0 Å².